The van der Waals surface area contributed by atoms with Gasteiger partial charge in [0.25, 0.3) is 10.0 Å². The third-order valence-corrected chi connectivity index (χ3v) is 6.33. The number of para-hydroxylation sites is 1. The second-order valence-electron chi connectivity index (χ2n) is 6.93. The number of rotatable bonds is 8. The van der Waals surface area contributed by atoms with Crippen LogP contribution in [0.4, 0.5) is 0 Å². The SMILES string of the molecule is C=C/C(=C\CC/C=C(\C)NS(=O)(=O)c1cccc2cccnc12)N1CCCC1. The van der Waals surface area contributed by atoms with Crippen molar-refractivity contribution in [3.8, 4) is 0 Å². The summed E-state index contributed by atoms with van der Waals surface area (Å²) in [5, 5.41) is 0.802. The molecule has 1 aliphatic heterocycles. The number of benzene rings is 1. The van der Waals surface area contributed by atoms with Crippen molar-refractivity contribution < 1.29 is 8.42 Å². The van der Waals surface area contributed by atoms with E-state index in [4.69, 9.17) is 0 Å². The molecular formula is C22H27N3O2S. The van der Waals surface area contributed by atoms with Gasteiger partial charge in [0.1, 0.15) is 4.90 Å². The molecule has 2 aromatic rings. The smallest absolute Gasteiger partial charge is 0.263 e. The lowest BCUT2D eigenvalue weighted by Gasteiger charge is -2.18. The van der Waals surface area contributed by atoms with Crippen molar-refractivity contribution in [2.75, 3.05) is 13.1 Å². The summed E-state index contributed by atoms with van der Waals surface area (Å²) >= 11 is 0. The van der Waals surface area contributed by atoms with E-state index >= 15 is 0 Å². The summed E-state index contributed by atoms with van der Waals surface area (Å²) in [5.41, 5.74) is 2.27. The first-order valence-corrected chi connectivity index (χ1v) is 11.1. The molecular weight excluding hydrogens is 370 g/mol. The Kier molecular flexibility index (Phi) is 6.52. The molecule has 1 aliphatic rings. The van der Waals surface area contributed by atoms with Crippen LogP contribution >= 0.6 is 0 Å². The summed E-state index contributed by atoms with van der Waals surface area (Å²) in [6, 6.07) is 8.82. The molecule has 0 saturated carbocycles. The Hall–Kier alpha value is -2.60. The van der Waals surface area contributed by atoms with Crippen LogP contribution in [0.2, 0.25) is 0 Å². The first-order valence-electron chi connectivity index (χ1n) is 9.62. The Labute approximate surface area is 167 Å². The Balaban J connectivity index is 1.66. The predicted octanol–water partition coefficient (Wildman–Crippen LogP) is 4.36. The van der Waals surface area contributed by atoms with Gasteiger partial charge in [0.2, 0.25) is 0 Å². The number of allylic oxidation sites excluding steroid dienone is 4. The van der Waals surface area contributed by atoms with Crippen molar-refractivity contribution in [3.05, 3.63) is 72.7 Å². The van der Waals surface area contributed by atoms with Gasteiger partial charge in [0.15, 0.2) is 0 Å². The van der Waals surface area contributed by atoms with Gasteiger partial charge in [-0.05, 0) is 50.8 Å². The zero-order valence-corrected chi connectivity index (χ0v) is 17.1. The minimum absolute atomic E-state index is 0.196. The second kappa shape index (κ2) is 9.06. The first-order chi connectivity index (χ1) is 13.5. The molecule has 0 radical (unpaired) electrons. The minimum Gasteiger partial charge on any atom is -0.372 e. The number of nitrogens with zero attached hydrogens (tertiary/aromatic N) is 2. The number of fused-ring (bicyclic) bond motifs is 1. The van der Waals surface area contributed by atoms with E-state index in [0.717, 1.165) is 31.3 Å². The number of sulfonamides is 1. The van der Waals surface area contributed by atoms with Crippen LogP contribution in [-0.4, -0.2) is 31.4 Å². The molecule has 1 saturated heterocycles. The predicted molar refractivity (Wildman–Crippen MR) is 114 cm³/mol. The van der Waals surface area contributed by atoms with Crippen molar-refractivity contribution in [1.82, 2.24) is 14.6 Å². The zero-order chi connectivity index (χ0) is 20.0. The number of likely N-dealkylation sites (tertiary alicyclic amines) is 1. The van der Waals surface area contributed by atoms with Crippen molar-refractivity contribution in [2.24, 2.45) is 0 Å². The van der Waals surface area contributed by atoms with Gasteiger partial charge < -0.3 is 4.90 Å². The summed E-state index contributed by atoms with van der Waals surface area (Å²) in [5.74, 6) is 0. The van der Waals surface area contributed by atoms with Gasteiger partial charge in [0, 0.05) is 36.1 Å². The standard InChI is InChI=1S/C22H27N3O2S/c1-3-20(25-16-6-7-17-25)13-5-4-10-18(2)24-28(26,27)21-14-8-11-19-12-9-15-23-22(19)21/h3,8-15,24H,1,4-7,16-17H2,2H3/b18-10+,20-13+. The Bertz CT molecular complexity index is 998. The van der Waals surface area contributed by atoms with E-state index in [1.165, 1.54) is 18.5 Å². The molecule has 6 heteroatoms. The molecule has 0 spiro atoms. The van der Waals surface area contributed by atoms with E-state index in [-0.39, 0.29) is 4.90 Å². The highest BCUT2D eigenvalue weighted by atomic mass is 32.2. The van der Waals surface area contributed by atoms with Crippen molar-refractivity contribution in [2.45, 2.75) is 37.5 Å². The van der Waals surface area contributed by atoms with Crippen LogP contribution in [0.3, 0.4) is 0 Å². The number of nitrogens with one attached hydrogen (secondary N) is 1. The van der Waals surface area contributed by atoms with Gasteiger partial charge in [0.05, 0.1) is 5.52 Å². The lowest BCUT2D eigenvalue weighted by molar-refractivity contribution is 0.438. The fourth-order valence-electron chi connectivity index (χ4n) is 3.45. The van der Waals surface area contributed by atoms with Crippen molar-refractivity contribution in [1.29, 1.82) is 0 Å². The molecule has 2 heterocycles. The molecule has 1 aromatic heterocycles. The molecule has 0 unspecified atom stereocenters. The van der Waals surface area contributed by atoms with Gasteiger partial charge in [-0.25, -0.2) is 8.42 Å². The largest absolute Gasteiger partial charge is 0.372 e. The number of pyridine rings is 1. The molecule has 1 fully saturated rings. The number of aromatic nitrogens is 1. The average molecular weight is 398 g/mol. The van der Waals surface area contributed by atoms with E-state index in [2.05, 4.69) is 27.3 Å². The van der Waals surface area contributed by atoms with E-state index in [0.29, 0.717) is 11.2 Å². The van der Waals surface area contributed by atoms with Crippen LogP contribution in [0.1, 0.15) is 32.6 Å². The summed E-state index contributed by atoms with van der Waals surface area (Å²) in [7, 11) is -3.68. The molecule has 5 nitrogen and oxygen atoms in total. The van der Waals surface area contributed by atoms with E-state index in [1.54, 1.807) is 31.3 Å². The van der Waals surface area contributed by atoms with Crippen LogP contribution in [0, 0.1) is 0 Å². The maximum atomic E-state index is 12.8. The summed E-state index contributed by atoms with van der Waals surface area (Å²) in [6.45, 7) is 7.85. The topological polar surface area (TPSA) is 62.3 Å². The van der Waals surface area contributed by atoms with Crippen molar-refractivity contribution in [3.63, 3.8) is 0 Å². The monoisotopic (exact) mass is 397 g/mol. The van der Waals surface area contributed by atoms with Crippen LogP contribution in [0.5, 0.6) is 0 Å². The highest BCUT2D eigenvalue weighted by molar-refractivity contribution is 7.89. The third-order valence-electron chi connectivity index (χ3n) is 4.83. The Morgan fingerprint density at radius 1 is 1.18 bits per heavy atom. The molecule has 0 bridgehead atoms. The average Bonchev–Trinajstić information content (AvgIpc) is 3.21. The highest BCUT2D eigenvalue weighted by Gasteiger charge is 2.18. The number of hydrogen-bond acceptors (Lipinski definition) is 4. The third kappa shape index (κ3) is 4.81. The van der Waals surface area contributed by atoms with Crippen LogP contribution in [0.15, 0.2) is 77.6 Å². The number of unbranched alkanes of at least 4 members (excludes halogenated alkanes) is 1. The van der Waals surface area contributed by atoms with Gasteiger partial charge >= 0.3 is 0 Å². The molecule has 0 atom stereocenters. The molecule has 0 aliphatic carbocycles. The van der Waals surface area contributed by atoms with E-state index < -0.39 is 10.0 Å². The quantitative estimate of drug-likeness (QED) is 0.531. The normalized spacial score (nSPS) is 15.8. The van der Waals surface area contributed by atoms with Gasteiger partial charge in [-0.2, -0.15) is 0 Å². The molecule has 0 amide bonds. The Morgan fingerprint density at radius 3 is 2.64 bits per heavy atom. The zero-order valence-electron chi connectivity index (χ0n) is 16.3. The maximum absolute atomic E-state index is 12.8. The van der Waals surface area contributed by atoms with Gasteiger partial charge in [-0.1, -0.05) is 36.9 Å². The van der Waals surface area contributed by atoms with Gasteiger partial charge in [-0.15, -0.1) is 0 Å². The molecule has 3 rings (SSSR count). The maximum Gasteiger partial charge on any atom is 0.263 e. The minimum atomic E-state index is -3.68. The lowest BCUT2D eigenvalue weighted by atomic mass is 10.2. The van der Waals surface area contributed by atoms with Crippen molar-refractivity contribution >= 4 is 20.9 Å². The Morgan fingerprint density at radius 2 is 1.89 bits per heavy atom. The second-order valence-corrected chi connectivity index (χ2v) is 8.58. The molecule has 1 N–H and O–H groups in total. The summed E-state index contributed by atoms with van der Waals surface area (Å²) < 4.78 is 28.3. The van der Waals surface area contributed by atoms with Crippen LogP contribution in [0.25, 0.3) is 10.9 Å². The number of hydrogen-bond donors (Lipinski definition) is 1. The molecule has 148 valence electrons. The first kappa shape index (κ1) is 20.1. The summed E-state index contributed by atoms with van der Waals surface area (Å²) in [6.07, 6.45) is 11.7. The fourth-order valence-corrected chi connectivity index (χ4v) is 4.75. The molecule has 1 aromatic carbocycles. The van der Waals surface area contributed by atoms with Crippen LogP contribution in [-0.2, 0) is 10.0 Å². The fraction of sp³-hybridized carbons (Fsp3) is 0.318. The van der Waals surface area contributed by atoms with E-state index in [9.17, 15) is 8.42 Å². The lowest BCUT2D eigenvalue weighted by Crippen LogP contribution is -2.22. The summed E-state index contributed by atoms with van der Waals surface area (Å²) in [4.78, 5) is 6.78. The highest BCUT2D eigenvalue weighted by Crippen LogP contribution is 2.21. The van der Waals surface area contributed by atoms with Crippen LogP contribution < -0.4 is 4.72 Å². The van der Waals surface area contributed by atoms with E-state index in [1.807, 2.05) is 24.3 Å². The molecule has 28 heavy (non-hydrogen) atoms. The van der Waals surface area contributed by atoms with Gasteiger partial charge in [-0.3, -0.25) is 9.71 Å².